The molecule has 1 aromatic rings. The van der Waals surface area contributed by atoms with E-state index in [1.165, 1.54) is 25.0 Å². The Morgan fingerprint density at radius 2 is 2.05 bits per heavy atom. The predicted molar refractivity (Wildman–Crippen MR) is 78.8 cm³/mol. The average molecular weight is 350 g/mol. The van der Waals surface area contributed by atoms with Gasteiger partial charge in [-0.15, -0.1) is 0 Å². The number of halogens is 4. The molecule has 1 aromatic carbocycles. The van der Waals surface area contributed by atoms with Crippen molar-refractivity contribution < 1.29 is 13.2 Å². The van der Waals surface area contributed by atoms with Gasteiger partial charge in [0.2, 0.25) is 0 Å². The normalized spacial score (nSPS) is 23.6. The molecule has 0 bridgehead atoms. The van der Waals surface area contributed by atoms with E-state index in [0.717, 1.165) is 18.9 Å². The molecule has 1 fully saturated rings. The van der Waals surface area contributed by atoms with Gasteiger partial charge in [0.05, 0.1) is 5.56 Å². The molecule has 2 rings (SSSR count). The van der Waals surface area contributed by atoms with Crippen molar-refractivity contribution >= 4 is 21.6 Å². The molecule has 0 radical (unpaired) electrons. The van der Waals surface area contributed by atoms with Gasteiger partial charge in [-0.3, -0.25) is 0 Å². The number of rotatable bonds is 3. The molecule has 0 saturated heterocycles. The van der Waals surface area contributed by atoms with Crippen molar-refractivity contribution in [3.63, 3.8) is 0 Å². The van der Waals surface area contributed by atoms with Crippen LogP contribution in [0.2, 0.25) is 0 Å². The van der Waals surface area contributed by atoms with Crippen molar-refractivity contribution in [3.05, 3.63) is 28.2 Å². The van der Waals surface area contributed by atoms with E-state index in [2.05, 4.69) is 28.2 Å². The summed E-state index contributed by atoms with van der Waals surface area (Å²) in [6.07, 6.45) is 0.303. The first-order valence-corrected chi connectivity index (χ1v) is 7.76. The van der Waals surface area contributed by atoms with Crippen molar-refractivity contribution in [2.75, 3.05) is 11.9 Å². The minimum Gasteiger partial charge on any atom is -0.384 e. The Morgan fingerprint density at radius 3 is 2.70 bits per heavy atom. The van der Waals surface area contributed by atoms with Gasteiger partial charge in [0, 0.05) is 16.7 Å². The molecular formula is C15H19BrF3N. The molecule has 2 atom stereocenters. The van der Waals surface area contributed by atoms with Crippen molar-refractivity contribution in [2.24, 2.45) is 11.8 Å². The van der Waals surface area contributed by atoms with Crippen LogP contribution < -0.4 is 5.32 Å². The molecule has 0 amide bonds. The van der Waals surface area contributed by atoms with Crippen molar-refractivity contribution in [2.45, 2.75) is 38.8 Å². The molecule has 1 aliphatic carbocycles. The van der Waals surface area contributed by atoms with E-state index < -0.39 is 11.7 Å². The summed E-state index contributed by atoms with van der Waals surface area (Å²) in [6.45, 7) is 2.83. The summed E-state index contributed by atoms with van der Waals surface area (Å²) in [5, 5.41) is 3.00. The third-order valence-electron chi connectivity index (χ3n) is 3.91. The van der Waals surface area contributed by atoms with Gasteiger partial charge in [-0.25, -0.2) is 0 Å². The largest absolute Gasteiger partial charge is 0.418 e. The van der Waals surface area contributed by atoms with E-state index in [1.54, 1.807) is 0 Å². The van der Waals surface area contributed by atoms with Crippen LogP contribution in [0.15, 0.2) is 22.7 Å². The predicted octanol–water partition coefficient (Wildman–Crippen LogP) is 5.71. The SMILES string of the molecule is CC1CCCC(CNc2cc(Br)ccc2C(F)(F)F)C1. The maximum atomic E-state index is 13.0. The minimum atomic E-state index is -4.32. The van der Waals surface area contributed by atoms with Crippen molar-refractivity contribution in [1.29, 1.82) is 0 Å². The smallest absolute Gasteiger partial charge is 0.384 e. The maximum Gasteiger partial charge on any atom is 0.418 e. The van der Waals surface area contributed by atoms with Crippen molar-refractivity contribution in [3.8, 4) is 0 Å². The van der Waals surface area contributed by atoms with Gasteiger partial charge in [0.15, 0.2) is 0 Å². The second-order valence-electron chi connectivity index (χ2n) is 5.71. The van der Waals surface area contributed by atoms with Gasteiger partial charge < -0.3 is 5.32 Å². The fourth-order valence-electron chi connectivity index (χ4n) is 2.91. The van der Waals surface area contributed by atoms with E-state index in [1.807, 2.05) is 0 Å². The quantitative estimate of drug-likeness (QED) is 0.737. The van der Waals surface area contributed by atoms with E-state index in [-0.39, 0.29) is 5.69 Å². The lowest BCUT2D eigenvalue weighted by Gasteiger charge is -2.27. The molecule has 1 aliphatic rings. The van der Waals surface area contributed by atoms with Crippen LogP contribution in [0.25, 0.3) is 0 Å². The van der Waals surface area contributed by atoms with Crippen LogP contribution in [-0.2, 0) is 6.18 Å². The third kappa shape index (κ3) is 4.14. The summed E-state index contributed by atoms with van der Waals surface area (Å²) in [5.74, 6) is 1.15. The Morgan fingerprint density at radius 1 is 1.30 bits per heavy atom. The van der Waals surface area contributed by atoms with Gasteiger partial charge in [-0.2, -0.15) is 13.2 Å². The highest BCUT2D eigenvalue weighted by atomic mass is 79.9. The highest BCUT2D eigenvalue weighted by Crippen LogP contribution is 2.37. The summed E-state index contributed by atoms with van der Waals surface area (Å²) >= 11 is 3.23. The van der Waals surface area contributed by atoms with Gasteiger partial charge in [-0.1, -0.05) is 35.7 Å². The zero-order valence-corrected chi connectivity index (χ0v) is 13.0. The third-order valence-corrected chi connectivity index (χ3v) is 4.41. The highest BCUT2D eigenvalue weighted by molar-refractivity contribution is 9.10. The Bertz CT molecular complexity index is 459. The molecule has 0 aromatic heterocycles. The van der Waals surface area contributed by atoms with Crippen LogP contribution in [0.5, 0.6) is 0 Å². The van der Waals surface area contributed by atoms with Crippen LogP contribution in [0.3, 0.4) is 0 Å². The molecule has 5 heteroatoms. The first-order valence-electron chi connectivity index (χ1n) is 6.97. The van der Waals surface area contributed by atoms with E-state index in [0.29, 0.717) is 22.9 Å². The van der Waals surface area contributed by atoms with E-state index in [9.17, 15) is 13.2 Å². The minimum absolute atomic E-state index is 0.171. The van der Waals surface area contributed by atoms with E-state index in [4.69, 9.17) is 0 Å². The van der Waals surface area contributed by atoms with Gasteiger partial charge in [0.1, 0.15) is 0 Å². The van der Waals surface area contributed by atoms with Crippen LogP contribution in [0, 0.1) is 11.8 Å². The standard InChI is InChI=1S/C15H19BrF3N/c1-10-3-2-4-11(7-10)9-20-14-8-12(16)5-6-13(14)15(17,18)19/h5-6,8,10-11,20H,2-4,7,9H2,1H3. The van der Waals surface area contributed by atoms with Crippen LogP contribution in [0.1, 0.15) is 38.2 Å². The van der Waals surface area contributed by atoms with Crippen LogP contribution >= 0.6 is 15.9 Å². The van der Waals surface area contributed by atoms with Crippen LogP contribution in [0.4, 0.5) is 18.9 Å². The number of hydrogen-bond acceptors (Lipinski definition) is 1. The fourth-order valence-corrected chi connectivity index (χ4v) is 3.27. The number of anilines is 1. The second kappa shape index (κ2) is 6.37. The first kappa shape index (κ1) is 15.7. The molecule has 0 heterocycles. The maximum absolute atomic E-state index is 13.0. The molecular weight excluding hydrogens is 331 g/mol. The molecule has 1 saturated carbocycles. The zero-order valence-electron chi connectivity index (χ0n) is 11.4. The van der Waals surface area contributed by atoms with Gasteiger partial charge in [0.25, 0.3) is 0 Å². The topological polar surface area (TPSA) is 12.0 Å². The van der Waals surface area contributed by atoms with Gasteiger partial charge in [-0.05, 0) is 42.9 Å². The number of alkyl halides is 3. The molecule has 0 aliphatic heterocycles. The summed E-state index contributed by atoms with van der Waals surface area (Å²) in [7, 11) is 0. The van der Waals surface area contributed by atoms with Crippen molar-refractivity contribution in [1.82, 2.24) is 0 Å². The average Bonchev–Trinajstić information content (AvgIpc) is 2.35. The van der Waals surface area contributed by atoms with E-state index >= 15 is 0 Å². The number of hydrogen-bond donors (Lipinski definition) is 1. The lowest BCUT2D eigenvalue weighted by atomic mass is 9.82. The molecule has 2 unspecified atom stereocenters. The number of nitrogens with one attached hydrogen (secondary N) is 1. The summed E-state index contributed by atoms with van der Waals surface area (Å²) < 4.78 is 39.5. The Hall–Kier alpha value is -0.710. The summed E-state index contributed by atoms with van der Waals surface area (Å²) in [4.78, 5) is 0. The number of benzene rings is 1. The molecule has 0 spiro atoms. The summed E-state index contributed by atoms with van der Waals surface area (Å²) in [5.41, 5.74) is -0.422. The summed E-state index contributed by atoms with van der Waals surface area (Å²) in [6, 6.07) is 4.06. The Kier molecular flexibility index (Phi) is 4.99. The van der Waals surface area contributed by atoms with Gasteiger partial charge >= 0.3 is 6.18 Å². The monoisotopic (exact) mass is 349 g/mol. The lowest BCUT2D eigenvalue weighted by Crippen LogP contribution is -2.22. The first-order chi connectivity index (χ1) is 9.36. The Labute approximate surface area is 126 Å². The molecule has 112 valence electrons. The lowest BCUT2D eigenvalue weighted by molar-refractivity contribution is -0.137. The van der Waals surface area contributed by atoms with Crippen LogP contribution in [-0.4, -0.2) is 6.54 Å². The molecule has 1 N–H and O–H groups in total. The molecule has 20 heavy (non-hydrogen) atoms. The zero-order chi connectivity index (χ0) is 14.8. The highest BCUT2D eigenvalue weighted by Gasteiger charge is 2.33. The second-order valence-corrected chi connectivity index (χ2v) is 6.62. The Balaban J connectivity index is 2.06. The molecule has 1 nitrogen and oxygen atoms in total. The fraction of sp³-hybridized carbons (Fsp3) is 0.600.